The molecule has 0 aliphatic rings. The van der Waals surface area contributed by atoms with E-state index in [1.165, 1.54) is 0 Å². The van der Waals surface area contributed by atoms with Crippen molar-refractivity contribution in [3.8, 4) is 6.07 Å². The van der Waals surface area contributed by atoms with Crippen LogP contribution in [0.15, 0.2) is 18.2 Å². The largest absolute Gasteiger partial charge is 0.327 e. The lowest BCUT2D eigenvalue weighted by atomic mass is 9.85. The molecule has 0 aromatic heterocycles. The van der Waals surface area contributed by atoms with E-state index >= 15 is 0 Å². The van der Waals surface area contributed by atoms with Crippen molar-refractivity contribution in [2.45, 2.75) is 40.2 Å². The zero-order chi connectivity index (χ0) is 14.6. The molecule has 19 heavy (non-hydrogen) atoms. The molecule has 0 aliphatic heterocycles. The molecule has 0 fully saturated rings. The Bertz CT molecular complexity index is 509. The zero-order valence-corrected chi connectivity index (χ0v) is 11.9. The Morgan fingerprint density at radius 3 is 2.63 bits per heavy atom. The average molecular weight is 259 g/mol. The summed E-state index contributed by atoms with van der Waals surface area (Å²) >= 11 is 0. The van der Waals surface area contributed by atoms with Gasteiger partial charge in [-0.05, 0) is 24.0 Å². The van der Waals surface area contributed by atoms with E-state index in [-0.39, 0.29) is 23.8 Å². The molecule has 0 aliphatic carbocycles. The number of nitriles is 1. The molecule has 1 amide bonds. The van der Waals surface area contributed by atoms with Crippen molar-refractivity contribution in [3.63, 3.8) is 0 Å². The first kappa shape index (κ1) is 15.2. The third kappa shape index (κ3) is 4.08. The zero-order valence-electron chi connectivity index (χ0n) is 11.9. The van der Waals surface area contributed by atoms with E-state index < -0.39 is 0 Å². The molecular formula is C15H21N3O. The highest BCUT2D eigenvalue weighted by molar-refractivity contribution is 5.92. The van der Waals surface area contributed by atoms with Gasteiger partial charge in [-0.2, -0.15) is 5.26 Å². The molecule has 0 radical (unpaired) electrons. The number of hydrogen-bond donors (Lipinski definition) is 2. The number of carbonyl (C=O) groups is 1. The molecule has 4 nitrogen and oxygen atoms in total. The van der Waals surface area contributed by atoms with Crippen molar-refractivity contribution < 1.29 is 4.79 Å². The first-order chi connectivity index (χ1) is 8.75. The number of rotatable bonds is 3. The summed E-state index contributed by atoms with van der Waals surface area (Å²) in [6.07, 6.45) is 0.238. The van der Waals surface area contributed by atoms with Crippen LogP contribution in [0.2, 0.25) is 0 Å². The van der Waals surface area contributed by atoms with Crippen LogP contribution in [0.1, 0.15) is 38.3 Å². The quantitative estimate of drug-likeness (QED) is 0.875. The second kappa shape index (κ2) is 5.85. The van der Waals surface area contributed by atoms with E-state index in [0.717, 1.165) is 5.56 Å². The van der Waals surface area contributed by atoms with Gasteiger partial charge < -0.3 is 11.1 Å². The molecule has 1 aromatic rings. The van der Waals surface area contributed by atoms with Crippen molar-refractivity contribution in [2.24, 2.45) is 11.1 Å². The fraction of sp³-hybridized carbons (Fsp3) is 0.467. The molecule has 102 valence electrons. The lowest BCUT2D eigenvalue weighted by Gasteiger charge is -2.26. The predicted molar refractivity (Wildman–Crippen MR) is 76.6 cm³/mol. The van der Waals surface area contributed by atoms with Crippen LogP contribution in [0.4, 0.5) is 5.69 Å². The molecule has 1 atom stereocenters. The summed E-state index contributed by atoms with van der Waals surface area (Å²) in [5, 5.41) is 11.9. The molecule has 0 heterocycles. The number of nitrogens with one attached hydrogen (secondary N) is 1. The molecular weight excluding hydrogens is 238 g/mol. The predicted octanol–water partition coefficient (Wildman–Crippen LogP) is 2.57. The number of nitrogens with two attached hydrogens (primary N) is 1. The van der Waals surface area contributed by atoms with Crippen LogP contribution in [0.25, 0.3) is 0 Å². The number of hydrogen-bond acceptors (Lipinski definition) is 3. The maximum atomic E-state index is 11.9. The molecule has 1 aromatic carbocycles. The van der Waals surface area contributed by atoms with Gasteiger partial charge in [0, 0.05) is 12.5 Å². The number of anilines is 1. The minimum Gasteiger partial charge on any atom is -0.327 e. The Morgan fingerprint density at radius 2 is 2.11 bits per heavy atom. The highest BCUT2D eigenvalue weighted by atomic mass is 16.1. The standard InChI is InChI=1S/C15H21N3O/c1-10-6-5-7-12(11(10)9-16)18-14(19)8-13(17)15(2,3)4/h5-7,13H,8,17H2,1-4H3,(H,18,19). The Balaban J connectivity index is 2.79. The minimum absolute atomic E-state index is 0.123. The topological polar surface area (TPSA) is 78.9 Å². The van der Waals surface area contributed by atoms with E-state index in [4.69, 9.17) is 11.0 Å². The number of amides is 1. The first-order valence-electron chi connectivity index (χ1n) is 6.31. The fourth-order valence-electron chi connectivity index (χ4n) is 1.63. The smallest absolute Gasteiger partial charge is 0.225 e. The molecule has 3 N–H and O–H groups in total. The second-order valence-corrected chi connectivity index (χ2v) is 5.83. The van der Waals surface area contributed by atoms with Gasteiger partial charge in [-0.25, -0.2) is 0 Å². The summed E-state index contributed by atoms with van der Waals surface area (Å²) in [7, 11) is 0. The van der Waals surface area contributed by atoms with Crippen LogP contribution in [0, 0.1) is 23.7 Å². The Labute approximate surface area is 114 Å². The van der Waals surface area contributed by atoms with E-state index in [9.17, 15) is 4.79 Å². The number of carbonyl (C=O) groups excluding carboxylic acids is 1. The monoisotopic (exact) mass is 259 g/mol. The van der Waals surface area contributed by atoms with Gasteiger partial charge in [0.05, 0.1) is 11.3 Å². The van der Waals surface area contributed by atoms with Crippen molar-refractivity contribution in [2.75, 3.05) is 5.32 Å². The van der Waals surface area contributed by atoms with Gasteiger partial charge in [0.2, 0.25) is 5.91 Å². The summed E-state index contributed by atoms with van der Waals surface area (Å²) in [5.74, 6) is -0.162. The van der Waals surface area contributed by atoms with E-state index in [2.05, 4.69) is 11.4 Å². The third-order valence-corrected chi connectivity index (χ3v) is 3.18. The molecule has 0 saturated heterocycles. The maximum Gasteiger partial charge on any atom is 0.225 e. The Morgan fingerprint density at radius 1 is 1.47 bits per heavy atom. The van der Waals surface area contributed by atoms with Gasteiger partial charge in [-0.3, -0.25) is 4.79 Å². The summed E-state index contributed by atoms with van der Waals surface area (Å²) in [4.78, 5) is 11.9. The number of nitrogens with zero attached hydrogens (tertiary/aromatic N) is 1. The van der Waals surface area contributed by atoms with Crippen LogP contribution in [0.3, 0.4) is 0 Å². The van der Waals surface area contributed by atoms with E-state index in [1.807, 2.05) is 39.8 Å². The second-order valence-electron chi connectivity index (χ2n) is 5.83. The van der Waals surface area contributed by atoms with Crippen LogP contribution in [0.5, 0.6) is 0 Å². The summed E-state index contributed by atoms with van der Waals surface area (Å²) in [6.45, 7) is 7.84. The molecule has 0 spiro atoms. The van der Waals surface area contributed by atoms with Crippen molar-refractivity contribution in [3.05, 3.63) is 29.3 Å². The lowest BCUT2D eigenvalue weighted by Crippen LogP contribution is -2.38. The van der Waals surface area contributed by atoms with Crippen molar-refractivity contribution in [1.82, 2.24) is 0 Å². The molecule has 1 rings (SSSR count). The minimum atomic E-state index is -0.220. The highest BCUT2D eigenvalue weighted by Crippen LogP contribution is 2.22. The third-order valence-electron chi connectivity index (χ3n) is 3.18. The van der Waals surface area contributed by atoms with Crippen LogP contribution >= 0.6 is 0 Å². The van der Waals surface area contributed by atoms with Crippen molar-refractivity contribution in [1.29, 1.82) is 5.26 Å². The van der Waals surface area contributed by atoms with Crippen LogP contribution in [-0.2, 0) is 4.79 Å². The van der Waals surface area contributed by atoms with Gasteiger partial charge in [-0.1, -0.05) is 32.9 Å². The van der Waals surface area contributed by atoms with Gasteiger partial charge in [0.25, 0.3) is 0 Å². The molecule has 4 heteroatoms. The molecule has 0 saturated carbocycles. The number of benzene rings is 1. The summed E-state index contributed by atoms with van der Waals surface area (Å²) in [5.41, 5.74) is 7.75. The molecule has 1 unspecified atom stereocenters. The first-order valence-corrected chi connectivity index (χ1v) is 6.31. The Hall–Kier alpha value is -1.86. The average Bonchev–Trinajstić information content (AvgIpc) is 2.27. The van der Waals surface area contributed by atoms with Gasteiger partial charge >= 0.3 is 0 Å². The Kier molecular flexibility index (Phi) is 4.68. The number of aryl methyl sites for hydroxylation is 1. The van der Waals surface area contributed by atoms with Crippen molar-refractivity contribution >= 4 is 11.6 Å². The summed E-state index contributed by atoms with van der Waals surface area (Å²) in [6, 6.07) is 7.27. The fourth-order valence-corrected chi connectivity index (χ4v) is 1.63. The van der Waals surface area contributed by atoms with Crippen LogP contribution < -0.4 is 11.1 Å². The van der Waals surface area contributed by atoms with Crippen LogP contribution in [-0.4, -0.2) is 11.9 Å². The lowest BCUT2D eigenvalue weighted by molar-refractivity contribution is -0.117. The van der Waals surface area contributed by atoms with E-state index in [1.54, 1.807) is 6.07 Å². The highest BCUT2D eigenvalue weighted by Gasteiger charge is 2.23. The maximum absolute atomic E-state index is 11.9. The van der Waals surface area contributed by atoms with Gasteiger partial charge in [-0.15, -0.1) is 0 Å². The van der Waals surface area contributed by atoms with Gasteiger partial charge in [0.15, 0.2) is 0 Å². The molecule has 0 bridgehead atoms. The summed E-state index contributed by atoms with van der Waals surface area (Å²) < 4.78 is 0. The van der Waals surface area contributed by atoms with Gasteiger partial charge in [0.1, 0.15) is 6.07 Å². The normalized spacial score (nSPS) is 12.6. The van der Waals surface area contributed by atoms with E-state index in [0.29, 0.717) is 11.3 Å². The SMILES string of the molecule is Cc1cccc(NC(=O)CC(N)C(C)(C)C)c1C#N.